The predicted molar refractivity (Wildman–Crippen MR) is 37.1 cm³/mol. The van der Waals surface area contributed by atoms with Gasteiger partial charge in [0.05, 0.1) is 0 Å². The summed E-state index contributed by atoms with van der Waals surface area (Å²) < 4.78 is 38.1. The van der Waals surface area contributed by atoms with Gasteiger partial charge in [0.15, 0.2) is 0 Å². The van der Waals surface area contributed by atoms with E-state index in [1.54, 1.807) is 0 Å². The molecule has 0 aromatic heterocycles. The average molecular weight is 162 g/mol. The molecule has 0 spiro atoms. The Kier molecular flexibility index (Phi) is 2.07. The molecule has 3 heteroatoms. The van der Waals surface area contributed by atoms with Crippen molar-refractivity contribution in [2.24, 2.45) is 5.92 Å². The highest BCUT2D eigenvalue weighted by Gasteiger charge is 2.27. The summed E-state index contributed by atoms with van der Waals surface area (Å²) in [5.41, 5.74) is -0.0774. The predicted octanol–water partition coefficient (Wildman–Crippen LogP) is 3.07. The van der Waals surface area contributed by atoms with Gasteiger partial charge in [0, 0.05) is 11.5 Å². The summed E-state index contributed by atoms with van der Waals surface area (Å²) in [5, 5.41) is 0. The molecule has 1 aliphatic rings. The molecule has 2 unspecified atom stereocenters. The second-order valence-corrected chi connectivity index (χ2v) is 2.72. The Morgan fingerprint density at radius 1 is 1.36 bits per heavy atom. The summed E-state index contributed by atoms with van der Waals surface area (Å²) >= 11 is 0. The number of rotatable bonds is 0. The second kappa shape index (κ2) is 2.72. The number of halogens is 3. The Morgan fingerprint density at radius 3 is 2.45 bits per heavy atom. The lowest BCUT2D eigenvalue weighted by Gasteiger charge is -2.18. The van der Waals surface area contributed by atoms with E-state index in [-0.39, 0.29) is 5.57 Å². The van der Waals surface area contributed by atoms with Crippen LogP contribution in [0.4, 0.5) is 13.2 Å². The fourth-order valence-electron chi connectivity index (χ4n) is 1.00. The van der Waals surface area contributed by atoms with Gasteiger partial charge in [0.2, 0.25) is 0 Å². The van der Waals surface area contributed by atoms with Crippen LogP contribution in [0.2, 0.25) is 0 Å². The van der Waals surface area contributed by atoms with Gasteiger partial charge in [-0.15, -0.1) is 0 Å². The van der Waals surface area contributed by atoms with Gasteiger partial charge in [-0.05, 0) is 13.0 Å². The first-order valence-electron chi connectivity index (χ1n) is 3.42. The molecule has 2 atom stereocenters. The molecular weight excluding hydrogens is 153 g/mol. The molecule has 62 valence electrons. The minimum Gasteiger partial charge on any atom is -0.242 e. The minimum absolute atomic E-state index is 0.0774. The van der Waals surface area contributed by atoms with Crippen molar-refractivity contribution in [2.45, 2.75) is 20.0 Å². The summed E-state index contributed by atoms with van der Waals surface area (Å²) in [5.74, 6) is -2.31. The Hall–Kier alpha value is -0.730. The lowest BCUT2D eigenvalue weighted by Crippen LogP contribution is -2.16. The van der Waals surface area contributed by atoms with Crippen LogP contribution in [0.15, 0.2) is 23.3 Å². The van der Waals surface area contributed by atoms with Crippen LogP contribution >= 0.6 is 0 Å². The molecule has 1 rings (SSSR count). The molecular formula is C8H9F3. The van der Waals surface area contributed by atoms with Crippen molar-refractivity contribution in [1.29, 1.82) is 0 Å². The lowest BCUT2D eigenvalue weighted by atomic mass is 9.95. The summed E-state index contributed by atoms with van der Waals surface area (Å²) in [7, 11) is 0. The van der Waals surface area contributed by atoms with E-state index in [1.165, 1.54) is 13.8 Å². The standard InChI is InChI=1S/C8H9F3/c1-4-6(9)3-7(10)5(2)8(4)11/h3-4,6H,1-2H3. The van der Waals surface area contributed by atoms with Crippen LogP contribution in [-0.4, -0.2) is 6.17 Å². The van der Waals surface area contributed by atoms with Crippen molar-refractivity contribution in [3.05, 3.63) is 23.3 Å². The quantitative estimate of drug-likeness (QED) is 0.513. The molecule has 0 saturated carbocycles. The summed E-state index contributed by atoms with van der Waals surface area (Å²) in [6.45, 7) is 2.70. The summed E-state index contributed by atoms with van der Waals surface area (Å²) in [6, 6.07) is 0. The number of hydrogen-bond donors (Lipinski definition) is 0. The topological polar surface area (TPSA) is 0 Å². The van der Waals surface area contributed by atoms with E-state index in [9.17, 15) is 13.2 Å². The van der Waals surface area contributed by atoms with Crippen LogP contribution in [0.3, 0.4) is 0 Å². The maximum atomic E-state index is 12.8. The SMILES string of the molecule is CC1=C(F)C(C)C(F)C=C1F. The van der Waals surface area contributed by atoms with Gasteiger partial charge in [-0.2, -0.15) is 0 Å². The molecule has 0 nitrogen and oxygen atoms in total. The van der Waals surface area contributed by atoms with E-state index < -0.39 is 23.7 Å². The first-order valence-corrected chi connectivity index (χ1v) is 3.42. The fourth-order valence-corrected chi connectivity index (χ4v) is 1.00. The average Bonchev–Trinajstić information content (AvgIpc) is 1.97. The number of hydrogen-bond acceptors (Lipinski definition) is 0. The first kappa shape index (κ1) is 8.37. The zero-order valence-corrected chi connectivity index (χ0v) is 6.37. The fraction of sp³-hybridized carbons (Fsp3) is 0.500. The monoisotopic (exact) mass is 162 g/mol. The highest BCUT2D eigenvalue weighted by molar-refractivity contribution is 5.32. The Labute approximate surface area is 63.4 Å². The van der Waals surface area contributed by atoms with Crippen LogP contribution in [0.25, 0.3) is 0 Å². The highest BCUT2D eigenvalue weighted by Crippen LogP contribution is 2.32. The minimum atomic E-state index is -1.53. The van der Waals surface area contributed by atoms with E-state index in [0.717, 1.165) is 6.08 Å². The van der Waals surface area contributed by atoms with Gasteiger partial charge in [0.25, 0.3) is 0 Å². The van der Waals surface area contributed by atoms with E-state index in [2.05, 4.69) is 0 Å². The highest BCUT2D eigenvalue weighted by atomic mass is 19.2. The lowest BCUT2D eigenvalue weighted by molar-refractivity contribution is 0.280. The zero-order chi connectivity index (χ0) is 8.59. The molecule has 0 aliphatic heterocycles. The van der Waals surface area contributed by atoms with Gasteiger partial charge in [-0.1, -0.05) is 6.92 Å². The smallest absolute Gasteiger partial charge is 0.130 e. The van der Waals surface area contributed by atoms with Crippen molar-refractivity contribution in [3.8, 4) is 0 Å². The second-order valence-electron chi connectivity index (χ2n) is 2.72. The van der Waals surface area contributed by atoms with Crippen molar-refractivity contribution in [3.63, 3.8) is 0 Å². The van der Waals surface area contributed by atoms with Gasteiger partial charge < -0.3 is 0 Å². The molecule has 0 fully saturated rings. The maximum Gasteiger partial charge on any atom is 0.130 e. The van der Waals surface area contributed by atoms with Crippen LogP contribution in [-0.2, 0) is 0 Å². The van der Waals surface area contributed by atoms with E-state index in [0.29, 0.717) is 0 Å². The molecule has 0 bridgehead atoms. The first-order chi connectivity index (χ1) is 5.04. The molecule has 0 heterocycles. The van der Waals surface area contributed by atoms with Crippen molar-refractivity contribution < 1.29 is 13.2 Å². The number of alkyl halides is 1. The normalized spacial score (nSPS) is 32.3. The molecule has 1 aliphatic carbocycles. The molecule has 0 saturated heterocycles. The third kappa shape index (κ3) is 1.32. The number of allylic oxidation sites excluding steroid dienone is 4. The molecule has 0 N–H and O–H groups in total. The van der Waals surface area contributed by atoms with Gasteiger partial charge in [0.1, 0.15) is 17.8 Å². The van der Waals surface area contributed by atoms with Crippen LogP contribution in [0.5, 0.6) is 0 Å². The van der Waals surface area contributed by atoms with Crippen molar-refractivity contribution in [2.75, 3.05) is 0 Å². The van der Waals surface area contributed by atoms with Gasteiger partial charge in [-0.3, -0.25) is 0 Å². The van der Waals surface area contributed by atoms with Gasteiger partial charge in [-0.25, -0.2) is 13.2 Å². The molecule has 0 aromatic rings. The van der Waals surface area contributed by atoms with Crippen molar-refractivity contribution in [1.82, 2.24) is 0 Å². The van der Waals surface area contributed by atoms with Gasteiger partial charge >= 0.3 is 0 Å². The molecule has 0 aromatic carbocycles. The van der Waals surface area contributed by atoms with E-state index in [4.69, 9.17) is 0 Å². The Bertz CT molecular complexity index is 227. The third-order valence-corrected chi connectivity index (χ3v) is 1.90. The van der Waals surface area contributed by atoms with Crippen LogP contribution in [0.1, 0.15) is 13.8 Å². The molecule has 0 amide bonds. The zero-order valence-electron chi connectivity index (χ0n) is 6.37. The summed E-state index contributed by atoms with van der Waals surface area (Å²) in [4.78, 5) is 0. The van der Waals surface area contributed by atoms with Crippen LogP contribution in [0, 0.1) is 5.92 Å². The van der Waals surface area contributed by atoms with E-state index >= 15 is 0 Å². The Morgan fingerprint density at radius 2 is 1.91 bits per heavy atom. The largest absolute Gasteiger partial charge is 0.242 e. The maximum absolute atomic E-state index is 12.8. The molecule has 0 radical (unpaired) electrons. The third-order valence-electron chi connectivity index (χ3n) is 1.90. The Balaban J connectivity index is 3.02. The van der Waals surface area contributed by atoms with E-state index in [1.807, 2.05) is 0 Å². The van der Waals surface area contributed by atoms with Crippen molar-refractivity contribution >= 4 is 0 Å². The van der Waals surface area contributed by atoms with Crippen LogP contribution < -0.4 is 0 Å². The summed E-state index contributed by atoms with van der Waals surface area (Å²) in [6.07, 6.45) is -0.720. The molecule has 11 heavy (non-hydrogen) atoms.